The van der Waals surface area contributed by atoms with E-state index in [2.05, 4.69) is 0 Å². The lowest BCUT2D eigenvalue weighted by Crippen LogP contribution is -2.29. The highest BCUT2D eigenvalue weighted by Crippen LogP contribution is 2.40. The molecule has 0 saturated heterocycles. The van der Waals surface area contributed by atoms with Crippen molar-refractivity contribution in [2.24, 2.45) is 0 Å². The Balaban J connectivity index is 4.31. The van der Waals surface area contributed by atoms with Crippen molar-refractivity contribution in [3.63, 3.8) is 0 Å². The van der Waals surface area contributed by atoms with Crippen LogP contribution < -0.4 is 0 Å². The largest absolute Gasteiger partial charge is 0.339 e. The Kier molecular flexibility index (Phi) is 7.06. The maximum absolute atomic E-state index is 10.8. The van der Waals surface area contributed by atoms with Gasteiger partial charge in [0.05, 0.1) is 0 Å². The second kappa shape index (κ2) is 6.97. The highest BCUT2D eigenvalue weighted by molar-refractivity contribution is 7.52. The first-order chi connectivity index (χ1) is 7.49. The Morgan fingerprint density at radius 1 is 0.882 bits per heavy atom. The molecule has 0 fully saturated rings. The van der Waals surface area contributed by atoms with Crippen molar-refractivity contribution in [3.8, 4) is 0 Å². The predicted molar refractivity (Wildman–Crippen MR) is 63.7 cm³/mol. The van der Waals surface area contributed by atoms with E-state index in [4.69, 9.17) is 19.6 Å². The van der Waals surface area contributed by atoms with E-state index in [9.17, 15) is 9.13 Å². The van der Waals surface area contributed by atoms with Crippen LogP contribution in [0.5, 0.6) is 0 Å². The van der Waals surface area contributed by atoms with Crippen molar-refractivity contribution in [3.05, 3.63) is 0 Å². The van der Waals surface area contributed by atoms with Crippen molar-refractivity contribution in [2.45, 2.75) is 6.42 Å². The lowest BCUT2D eigenvalue weighted by atomic mass is 10.4. The first kappa shape index (κ1) is 17.2. The van der Waals surface area contributed by atoms with Crippen LogP contribution in [0.4, 0.5) is 0 Å². The monoisotopic (exact) mass is 290 g/mol. The van der Waals surface area contributed by atoms with Gasteiger partial charge in [-0.25, -0.2) is 0 Å². The average molecular weight is 290 g/mol. The van der Waals surface area contributed by atoms with Crippen LogP contribution in [0.15, 0.2) is 0 Å². The Morgan fingerprint density at radius 2 is 1.29 bits per heavy atom. The third kappa shape index (κ3) is 12.5. The van der Waals surface area contributed by atoms with Crippen molar-refractivity contribution in [1.29, 1.82) is 0 Å². The van der Waals surface area contributed by atoms with E-state index in [1.54, 1.807) is 0 Å². The Morgan fingerprint density at radius 3 is 1.59 bits per heavy atom. The summed E-state index contributed by atoms with van der Waals surface area (Å²) in [7, 11) is -4.92. The molecule has 0 aromatic carbocycles. The van der Waals surface area contributed by atoms with Gasteiger partial charge in [0, 0.05) is 6.54 Å². The second-order valence-electron chi connectivity index (χ2n) is 4.16. The van der Waals surface area contributed by atoms with Crippen molar-refractivity contribution >= 4 is 15.2 Å². The molecule has 0 aliphatic heterocycles. The topological polar surface area (TPSA) is 122 Å². The Bertz CT molecular complexity index is 287. The fraction of sp³-hybridized carbons (Fsp3) is 1.00. The molecule has 0 heterocycles. The first-order valence-corrected chi connectivity index (χ1v) is 8.55. The van der Waals surface area contributed by atoms with Gasteiger partial charge in [0.2, 0.25) is 0 Å². The summed E-state index contributed by atoms with van der Waals surface area (Å²) in [6.45, 7) is 0.910. The van der Waals surface area contributed by atoms with Gasteiger partial charge in [0.1, 0.15) is 12.6 Å². The molecular weight excluding hydrogens is 270 g/mol. The molecule has 104 valence electrons. The minimum Gasteiger partial charge on any atom is -0.324 e. The van der Waals surface area contributed by atoms with Crippen LogP contribution in [0.1, 0.15) is 6.42 Å². The maximum Gasteiger partial charge on any atom is 0.339 e. The molecule has 17 heavy (non-hydrogen) atoms. The lowest BCUT2D eigenvalue weighted by Gasteiger charge is -2.23. The van der Waals surface area contributed by atoms with E-state index < -0.39 is 27.8 Å². The molecule has 0 amide bonds. The van der Waals surface area contributed by atoms with E-state index in [1.165, 1.54) is 0 Å². The van der Waals surface area contributed by atoms with Crippen LogP contribution in [0.2, 0.25) is 0 Å². The van der Waals surface area contributed by atoms with Gasteiger partial charge in [0.15, 0.2) is 0 Å². The lowest BCUT2D eigenvalue weighted by molar-refractivity contribution is 0.265. The van der Waals surface area contributed by atoms with Gasteiger partial charge in [-0.1, -0.05) is 0 Å². The number of nitrogens with zero attached hydrogens (tertiary/aromatic N) is 2. The van der Waals surface area contributed by atoms with Gasteiger partial charge in [-0.05, 0) is 27.1 Å². The third-order valence-corrected chi connectivity index (χ3v) is 3.39. The minimum absolute atomic E-state index is 0.231. The van der Waals surface area contributed by atoms with Crippen molar-refractivity contribution < 1.29 is 28.7 Å². The molecule has 0 unspecified atom stereocenters. The quantitative estimate of drug-likeness (QED) is 0.442. The average Bonchev–Trinajstić information content (AvgIpc) is 1.95. The Hall–Kier alpha value is 0.220. The van der Waals surface area contributed by atoms with Crippen LogP contribution in [-0.4, -0.2) is 69.1 Å². The Labute approximate surface area is 101 Å². The van der Waals surface area contributed by atoms with Gasteiger partial charge < -0.3 is 24.5 Å². The highest BCUT2D eigenvalue weighted by Gasteiger charge is 2.25. The smallest absolute Gasteiger partial charge is 0.324 e. The molecule has 0 aromatic heterocycles. The van der Waals surface area contributed by atoms with Crippen LogP contribution in [0.25, 0.3) is 0 Å². The molecule has 4 N–H and O–H groups in total. The van der Waals surface area contributed by atoms with Gasteiger partial charge in [-0.3, -0.25) is 14.0 Å². The standard InChI is InChI=1S/C7H20N2O6P2/c1-8(2)4-3-5-9(6-16(10,11)12)7-17(13,14)15/h3-7H2,1-2H3,(H2,10,11,12)(H2,13,14,15). The van der Waals surface area contributed by atoms with E-state index in [0.717, 1.165) is 4.90 Å². The van der Waals surface area contributed by atoms with Crippen LogP contribution in [0.3, 0.4) is 0 Å². The van der Waals surface area contributed by atoms with E-state index in [0.29, 0.717) is 13.0 Å². The summed E-state index contributed by atoms with van der Waals surface area (Å²) < 4.78 is 21.6. The summed E-state index contributed by atoms with van der Waals surface area (Å²) >= 11 is 0. The fourth-order valence-electron chi connectivity index (χ4n) is 1.32. The third-order valence-electron chi connectivity index (χ3n) is 1.85. The van der Waals surface area contributed by atoms with Gasteiger partial charge in [-0.15, -0.1) is 0 Å². The molecule has 8 nitrogen and oxygen atoms in total. The molecule has 0 atom stereocenters. The molecule has 0 rings (SSSR count). The zero-order valence-electron chi connectivity index (χ0n) is 9.93. The predicted octanol–water partition coefficient (Wildman–Crippen LogP) is -0.489. The molecule has 0 spiro atoms. The molecule has 0 aromatic rings. The fourth-order valence-corrected chi connectivity index (χ4v) is 3.00. The van der Waals surface area contributed by atoms with E-state index in [1.807, 2.05) is 19.0 Å². The molecule has 0 radical (unpaired) electrons. The zero-order chi connectivity index (χ0) is 13.7. The summed E-state index contributed by atoms with van der Waals surface area (Å²) in [6, 6.07) is 0. The van der Waals surface area contributed by atoms with Crippen LogP contribution in [0, 0.1) is 0 Å². The molecule has 0 bridgehead atoms. The summed E-state index contributed by atoms with van der Waals surface area (Å²) in [5.74, 6) is 0. The first-order valence-electron chi connectivity index (χ1n) is 4.96. The van der Waals surface area contributed by atoms with Gasteiger partial charge in [0.25, 0.3) is 0 Å². The van der Waals surface area contributed by atoms with E-state index in [-0.39, 0.29) is 6.54 Å². The van der Waals surface area contributed by atoms with Gasteiger partial charge in [-0.2, -0.15) is 0 Å². The molecule has 0 aliphatic carbocycles. The second-order valence-corrected chi connectivity index (χ2v) is 7.39. The summed E-state index contributed by atoms with van der Waals surface area (Å²) in [5, 5.41) is 0. The minimum atomic E-state index is -4.30. The number of hydrogen-bond donors (Lipinski definition) is 4. The molecule has 10 heteroatoms. The SMILES string of the molecule is CN(C)CCCN(CP(=O)(O)O)CP(=O)(O)O. The zero-order valence-corrected chi connectivity index (χ0v) is 11.7. The van der Waals surface area contributed by atoms with Crippen LogP contribution in [-0.2, 0) is 9.13 Å². The summed E-state index contributed by atoms with van der Waals surface area (Å²) in [4.78, 5) is 38.2. The normalized spacial score (nSPS) is 13.6. The summed E-state index contributed by atoms with van der Waals surface area (Å²) in [5.41, 5.74) is 0. The number of rotatable bonds is 8. The molecular formula is C7H20N2O6P2. The molecule has 0 aliphatic rings. The highest BCUT2D eigenvalue weighted by atomic mass is 31.2. The van der Waals surface area contributed by atoms with Crippen LogP contribution >= 0.6 is 15.2 Å². The van der Waals surface area contributed by atoms with E-state index >= 15 is 0 Å². The molecule has 0 saturated carbocycles. The maximum atomic E-state index is 10.8. The summed E-state index contributed by atoms with van der Waals surface area (Å²) in [6.07, 6.45) is -0.690. The van der Waals surface area contributed by atoms with Gasteiger partial charge >= 0.3 is 15.2 Å². The van der Waals surface area contributed by atoms with Crippen molar-refractivity contribution in [2.75, 3.05) is 39.8 Å². The number of hydrogen-bond acceptors (Lipinski definition) is 4. The van der Waals surface area contributed by atoms with Crippen molar-refractivity contribution in [1.82, 2.24) is 9.80 Å².